The number of nitrogens with one attached hydrogen (secondary N) is 2. The van der Waals surface area contributed by atoms with Gasteiger partial charge in [0.15, 0.2) is 17.3 Å². The van der Waals surface area contributed by atoms with Gasteiger partial charge in [0.05, 0.1) is 36.8 Å². The monoisotopic (exact) mass is 969 g/mol. The predicted molar refractivity (Wildman–Crippen MR) is 268 cm³/mol. The Kier molecular flexibility index (Phi) is 15.7. The maximum atomic E-state index is 14.0. The third-order valence-corrected chi connectivity index (χ3v) is 12.8. The first-order valence-electron chi connectivity index (χ1n) is 23.1. The zero-order valence-corrected chi connectivity index (χ0v) is 41.3. The summed E-state index contributed by atoms with van der Waals surface area (Å²) >= 11 is 5.85. The van der Waals surface area contributed by atoms with Crippen LogP contribution in [0.25, 0.3) is 22.5 Å². The summed E-state index contributed by atoms with van der Waals surface area (Å²) in [7, 11) is 1.47. The number of rotatable bonds is 18. The number of benzene rings is 4. The van der Waals surface area contributed by atoms with Crippen molar-refractivity contribution in [1.29, 1.82) is 5.26 Å². The molecule has 0 unspecified atom stereocenters. The van der Waals surface area contributed by atoms with Crippen LogP contribution < -0.4 is 29.9 Å². The number of nitrogens with zero attached hydrogens (tertiary/aromatic N) is 5. The lowest BCUT2D eigenvalue weighted by Crippen LogP contribution is -2.58. The van der Waals surface area contributed by atoms with Crippen LogP contribution in [0.15, 0.2) is 102 Å². The Hall–Kier alpha value is -7.13. The Labute approximate surface area is 413 Å². The number of hydrogen-bond donors (Lipinski definition) is 3. The van der Waals surface area contributed by atoms with Crippen molar-refractivity contribution >= 4 is 52.3 Å². The molecule has 366 valence electrons. The Bertz CT molecular complexity index is 2750. The molecule has 3 heterocycles. The summed E-state index contributed by atoms with van der Waals surface area (Å²) in [6, 6.07) is 28.2. The maximum absolute atomic E-state index is 14.0. The number of aliphatic hydroxyl groups is 1. The summed E-state index contributed by atoms with van der Waals surface area (Å²) in [6.45, 7) is 11.7. The molecule has 4 aromatic carbocycles. The first-order valence-corrected chi connectivity index (χ1v) is 23.5. The number of likely N-dealkylation sites (tertiary alicyclic amines) is 1. The number of thiocarbonyl (C=S) groups is 1. The summed E-state index contributed by atoms with van der Waals surface area (Å²) < 4.78 is 22.5. The number of aryl methyl sites for hydroxylation is 1. The van der Waals surface area contributed by atoms with Gasteiger partial charge in [-0.25, -0.2) is 4.98 Å². The topological polar surface area (TPSA) is 200 Å². The van der Waals surface area contributed by atoms with Crippen LogP contribution in [0.2, 0.25) is 0 Å². The summed E-state index contributed by atoms with van der Waals surface area (Å²) in [5.41, 5.74) is 4.39. The molecule has 1 aromatic heterocycles. The molecule has 2 aliphatic rings. The lowest BCUT2D eigenvalue weighted by atomic mass is 9.85. The fourth-order valence-corrected chi connectivity index (χ4v) is 9.08. The summed E-state index contributed by atoms with van der Waals surface area (Å²) in [4.78, 5) is 63.0. The largest absolute Gasteiger partial charge is 0.495 e. The van der Waals surface area contributed by atoms with Crippen molar-refractivity contribution in [2.24, 2.45) is 5.41 Å². The first kappa shape index (κ1) is 50.7. The molecule has 2 aliphatic heterocycles. The molecule has 2 fully saturated rings. The number of amides is 4. The highest BCUT2D eigenvalue weighted by Gasteiger charge is 2.50. The predicted octanol–water partition coefficient (Wildman–Crippen LogP) is 7.10. The molecule has 4 amide bonds. The van der Waals surface area contributed by atoms with E-state index in [2.05, 4.69) is 21.7 Å². The second kappa shape index (κ2) is 21.7. The van der Waals surface area contributed by atoms with Crippen LogP contribution in [-0.4, -0.2) is 101 Å². The van der Waals surface area contributed by atoms with Crippen molar-refractivity contribution < 1.29 is 42.9 Å². The zero-order valence-electron chi connectivity index (χ0n) is 40.5. The molecule has 0 aliphatic carbocycles. The summed E-state index contributed by atoms with van der Waals surface area (Å²) in [5.74, 6) is 0.235. The van der Waals surface area contributed by atoms with Gasteiger partial charge in [0.25, 0.3) is 5.91 Å². The van der Waals surface area contributed by atoms with Gasteiger partial charge in [-0.05, 0) is 104 Å². The second-order valence-electron chi connectivity index (χ2n) is 18.9. The van der Waals surface area contributed by atoms with Gasteiger partial charge in [0.2, 0.25) is 17.7 Å². The van der Waals surface area contributed by atoms with Crippen LogP contribution in [0.3, 0.4) is 0 Å². The smallest absolute Gasteiger partial charge is 0.259 e. The molecule has 3 atom stereocenters. The molecule has 0 radical (unpaired) electrons. The molecule has 17 heteroatoms. The number of nitriles is 1. The van der Waals surface area contributed by atoms with E-state index in [-0.39, 0.29) is 32.0 Å². The van der Waals surface area contributed by atoms with Crippen molar-refractivity contribution in [2.45, 2.75) is 91.1 Å². The van der Waals surface area contributed by atoms with Gasteiger partial charge in [0.1, 0.15) is 41.8 Å². The third-order valence-electron chi connectivity index (χ3n) is 12.4. The van der Waals surface area contributed by atoms with Crippen molar-refractivity contribution in [2.75, 3.05) is 43.3 Å². The highest BCUT2D eigenvalue weighted by molar-refractivity contribution is 7.81. The molecule has 70 heavy (non-hydrogen) atoms. The Morgan fingerprint density at radius 3 is 2.23 bits per heavy atom. The van der Waals surface area contributed by atoms with Crippen LogP contribution in [0, 0.1) is 23.7 Å². The molecular weight excluding hydrogens is 911 g/mol. The molecule has 0 saturated carbocycles. The number of methoxy groups -OCH3 is 1. The molecular formula is C53H59N7O9S. The lowest BCUT2D eigenvalue weighted by Gasteiger charge is -2.35. The van der Waals surface area contributed by atoms with E-state index in [4.69, 9.17) is 30.8 Å². The molecule has 2 saturated heterocycles. The minimum atomic E-state index is -0.971. The van der Waals surface area contributed by atoms with Crippen LogP contribution in [0.4, 0.5) is 11.4 Å². The van der Waals surface area contributed by atoms with Gasteiger partial charge in [-0.1, -0.05) is 69.3 Å². The number of hydrogen-bond acceptors (Lipinski definition) is 12. The van der Waals surface area contributed by atoms with Crippen LogP contribution >= 0.6 is 12.2 Å². The van der Waals surface area contributed by atoms with Gasteiger partial charge in [0, 0.05) is 43.4 Å². The molecule has 5 aromatic rings. The van der Waals surface area contributed by atoms with Gasteiger partial charge in [-0.2, -0.15) is 5.26 Å². The lowest BCUT2D eigenvalue weighted by molar-refractivity contribution is -0.144. The summed E-state index contributed by atoms with van der Waals surface area (Å²) in [5, 5.41) is 26.0. The third kappa shape index (κ3) is 11.3. The second-order valence-corrected chi connectivity index (χ2v) is 19.3. The number of oxazole rings is 1. The average molecular weight is 970 g/mol. The Morgan fingerprint density at radius 2 is 1.60 bits per heavy atom. The van der Waals surface area contributed by atoms with Crippen molar-refractivity contribution in [3.63, 3.8) is 0 Å². The van der Waals surface area contributed by atoms with Gasteiger partial charge < -0.3 is 44.2 Å². The van der Waals surface area contributed by atoms with Crippen molar-refractivity contribution in [3.8, 4) is 40.0 Å². The highest BCUT2D eigenvalue weighted by atomic mass is 32.1. The number of ether oxygens (including phenoxy) is 3. The number of aromatic nitrogens is 1. The summed E-state index contributed by atoms with van der Waals surface area (Å²) in [6.07, 6.45) is 1.90. The van der Waals surface area contributed by atoms with E-state index in [0.29, 0.717) is 59.7 Å². The van der Waals surface area contributed by atoms with Gasteiger partial charge >= 0.3 is 0 Å². The van der Waals surface area contributed by atoms with E-state index in [1.165, 1.54) is 23.3 Å². The van der Waals surface area contributed by atoms with E-state index >= 15 is 0 Å². The number of unbranched alkanes of at least 4 members (excludes halogenated alkanes) is 1. The minimum Gasteiger partial charge on any atom is -0.495 e. The molecule has 0 spiro atoms. The number of anilines is 2. The number of carbonyl (C=O) groups is 4. The maximum Gasteiger partial charge on any atom is 0.259 e. The van der Waals surface area contributed by atoms with E-state index in [0.717, 1.165) is 33.6 Å². The van der Waals surface area contributed by atoms with E-state index in [9.17, 15) is 29.5 Å². The fourth-order valence-electron chi connectivity index (χ4n) is 8.56. The zero-order chi connectivity index (χ0) is 50.3. The van der Waals surface area contributed by atoms with Gasteiger partial charge in [-0.3, -0.25) is 24.1 Å². The van der Waals surface area contributed by atoms with Crippen LogP contribution in [0.1, 0.15) is 70.7 Å². The molecule has 7 rings (SSSR count). The standard InChI is InChI=1S/C53H59N7O9S/c1-33-46(69-32-56-33)37-12-10-34(11-13-37)29-55-48(63)43-27-41(61)30-58(43)49(64)47(52(2,3)4)57-45(62)31-67-24-8-9-25-68-42-22-17-36(18-23-42)35-14-19-39(20-15-35)60-51(70)59(50(65)53(60,5)6)40-21-16-38(28-54)44(26-40)66-7/h10-23,26,32,41,43,47,61H,8-9,24-25,27,29-31H2,1-7H3,(H,55,63)(H,57,62)/t41-,43+,47-/m1/s1. The normalized spacial score (nSPS) is 17.0. The van der Waals surface area contributed by atoms with Crippen molar-refractivity contribution in [3.05, 3.63) is 114 Å². The fraction of sp³-hybridized carbons (Fsp3) is 0.377. The van der Waals surface area contributed by atoms with Crippen molar-refractivity contribution in [1.82, 2.24) is 20.5 Å². The Morgan fingerprint density at radius 1 is 0.957 bits per heavy atom. The van der Waals surface area contributed by atoms with Crippen LogP contribution in [0.5, 0.6) is 11.5 Å². The quantitative estimate of drug-likeness (QED) is 0.0594. The molecule has 3 N–H and O–H groups in total. The van der Waals surface area contributed by atoms with E-state index in [1.54, 1.807) is 18.2 Å². The number of carbonyl (C=O) groups excluding carboxylic acids is 4. The first-order chi connectivity index (χ1) is 33.4. The number of β-amino-alcohol motifs (C(OH)–C–C–N with tert-alkyl or cyclic N) is 1. The van der Waals surface area contributed by atoms with Crippen LogP contribution in [-0.2, 0) is 30.5 Å². The molecule has 16 nitrogen and oxygen atoms in total. The SMILES string of the molecule is COc1cc(N2C(=O)C(C)(C)N(c3ccc(-c4ccc(OCCCCOCC(=O)N[C@H](C(=O)N5C[C@H](O)C[C@H]5C(=O)NCc5ccc(-c6ocnc6C)cc5)C(C)(C)C)cc4)cc3)C2=S)ccc1C#N. The highest BCUT2D eigenvalue weighted by Crippen LogP contribution is 2.39. The van der Waals surface area contributed by atoms with Gasteiger partial charge in [-0.15, -0.1) is 0 Å². The number of aliphatic hydroxyl groups excluding tert-OH is 1. The minimum absolute atomic E-state index is 0.0274. The Balaban J connectivity index is 0.834. The van der Waals surface area contributed by atoms with E-state index in [1.807, 2.05) is 119 Å². The van der Waals surface area contributed by atoms with E-state index < -0.39 is 46.9 Å². The molecule has 0 bridgehead atoms. The average Bonchev–Trinajstić information content (AvgIpc) is 4.01.